The van der Waals surface area contributed by atoms with Gasteiger partial charge in [-0.1, -0.05) is 0 Å². The van der Waals surface area contributed by atoms with Crippen molar-refractivity contribution in [1.29, 1.82) is 0 Å². The second-order valence-electron chi connectivity index (χ2n) is 4.55. The van der Waals surface area contributed by atoms with E-state index < -0.39 is 17.8 Å². The van der Waals surface area contributed by atoms with Gasteiger partial charge in [0, 0.05) is 13.6 Å². The number of hydrogen-bond acceptors (Lipinski definition) is 3. The van der Waals surface area contributed by atoms with Gasteiger partial charge in [-0.2, -0.15) is 23.4 Å². The van der Waals surface area contributed by atoms with E-state index in [2.05, 4.69) is 31.4 Å². The quantitative estimate of drug-likeness (QED) is 0.891. The normalized spacial score (nSPS) is 11.8. The van der Waals surface area contributed by atoms with Crippen LogP contribution in [0, 0.1) is 6.92 Å². The van der Waals surface area contributed by atoms with Crippen LogP contribution in [0.4, 0.5) is 18.9 Å². The fourth-order valence-electron chi connectivity index (χ4n) is 2.00. The second-order valence-corrected chi connectivity index (χ2v) is 5.34. The summed E-state index contributed by atoms with van der Waals surface area (Å²) in [4.78, 5) is 12.2. The lowest BCUT2D eigenvalue weighted by Crippen LogP contribution is -2.17. The topological polar surface area (TPSA) is 64.7 Å². The molecule has 10 heteroatoms. The molecule has 0 aliphatic heterocycles. The zero-order valence-corrected chi connectivity index (χ0v) is 13.6. The van der Waals surface area contributed by atoms with Crippen molar-refractivity contribution in [3.63, 3.8) is 0 Å². The van der Waals surface area contributed by atoms with Crippen LogP contribution in [0.3, 0.4) is 0 Å². The van der Waals surface area contributed by atoms with Gasteiger partial charge in [0.05, 0.1) is 22.1 Å². The maximum atomic E-state index is 12.8. The third-order valence-electron chi connectivity index (χ3n) is 3.12. The average molecular weight is 380 g/mol. The molecule has 0 saturated heterocycles. The van der Waals surface area contributed by atoms with Crippen molar-refractivity contribution < 1.29 is 18.0 Å². The molecule has 2 aromatic rings. The Kier molecular flexibility index (Phi) is 4.32. The highest BCUT2D eigenvalue weighted by Crippen LogP contribution is 2.35. The van der Waals surface area contributed by atoms with Crippen molar-refractivity contribution in [3.05, 3.63) is 27.8 Å². The van der Waals surface area contributed by atoms with Gasteiger partial charge in [-0.3, -0.25) is 14.2 Å². The standard InChI is InChI=1S/C12H13BrF3N5O/c1-4-21-6(2)7(5-17-21)18-11(22)9-8(13)10(12(14,15)16)19-20(9)3/h5H,4H2,1-3H3,(H,18,22). The third kappa shape index (κ3) is 2.87. The number of carbonyl (C=O) groups excluding carboxylic acids is 1. The Morgan fingerprint density at radius 2 is 2.09 bits per heavy atom. The summed E-state index contributed by atoms with van der Waals surface area (Å²) >= 11 is 2.80. The number of rotatable bonds is 3. The lowest BCUT2D eigenvalue weighted by Gasteiger charge is -2.06. The molecule has 1 N–H and O–H groups in total. The molecule has 2 rings (SSSR count). The number of aromatic nitrogens is 4. The van der Waals surface area contributed by atoms with Crippen LogP contribution < -0.4 is 5.32 Å². The predicted octanol–water partition coefficient (Wildman–Crippen LogP) is 2.98. The smallest absolute Gasteiger partial charge is 0.318 e. The third-order valence-corrected chi connectivity index (χ3v) is 3.88. The van der Waals surface area contributed by atoms with E-state index in [0.29, 0.717) is 17.9 Å². The van der Waals surface area contributed by atoms with Gasteiger partial charge in [0.25, 0.3) is 5.91 Å². The largest absolute Gasteiger partial charge is 0.436 e. The van der Waals surface area contributed by atoms with Crippen molar-refractivity contribution in [2.24, 2.45) is 7.05 Å². The second kappa shape index (κ2) is 5.75. The van der Waals surface area contributed by atoms with E-state index in [1.54, 1.807) is 11.6 Å². The summed E-state index contributed by atoms with van der Waals surface area (Å²) in [6.07, 6.45) is -3.19. The number of aryl methyl sites for hydroxylation is 2. The first kappa shape index (κ1) is 16.5. The SMILES string of the molecule is CCn1ncc(NC(=O)c2c(Br)c(C(F)(F)F)nn2C)c1C. The molecular weight excluding hydrogens is 367 g/mol. The highest BCUT2D eigenvalue weighted by Gasteiger charge is 2.39. The van der Waals surface area contributed by atoms with Gasteiger partial charge in [0.2, 0.25) is 0 Å². The molecule has 0 aliphatic rings. The molecule has 6 nitrogen and oxygen atoms in total. The number of nitrogens with zero attached hydrogens (tertiary/aromatic N) is 4. The maximum absolute atomic E-state index is 12.8. The van der Waals surface area contributed by atoms with Crippen molar-refractivity contribution in [1.82, 2.24) is 19.6 Å². The van der Waals surface area contributed by atoms with Gasteiger partial charge in [-0.05, 0) is 29.8 Å². The van der Waals surface area contributed by atoms with E-state index in [4.69, 9.17) is 0 Å². The molecular formula is C12H13BrF3N5O. The Morgan fingerprint density at radius 1 is 1.45 bits per heavy atom. The molecule has 0 radical (unpaired) electrons. The summed E-state index contributed by atoms with van der Waals surface area (Å²) in [5.41, 5.74) is -0.198. The fraction of sp³-hybridized carbons (Fsp3) is 0.417. The molecule has 1 amide bonds. The van der Waals surface area contributed by atoms with E-state index >= 15 is 0 Å². The van der Waals surface area contributed by atoms with Crippen LogP contribution in [0.2, 0.25) is 0 Å². The highest BCUT2D eigenvalue weighted by molar-refractivity contribution is 9.10. The number of halogens is 4. The average Bonchev–Trinajstić information content (AvgIpc) is 2.90. The molecule has 0 fully saturated rings. The molecule has 0 bridgehead atoms. The molecule has 0 aliphatic carbocycles. The monoisotopic (exact) mass is 379 g/mol. The summed E-state index contributed by atoms with van der Waals surface area (Å²) in [6, 6.07) is 0. The maximum Gasteiger partial charge on any atom is 0.436 e. The Hall–Kier alpha value is -1.84. The number of alkyl halides is 3. The van der Waals surface area contributed by atoms with Crippen molar-refractivity contribution >= 4 is 27.5 Å². The zero-order chi connectivity index (χ0) is 16.7. The van der Waals surface area contributed by atoms with E-state index in [-0.39, 0.29) is 10.2 Å². The van der Waals surface area contributed by atoms with Gasteiger partial charge in [-0.25, -0.2) is 0 Å². The van der Waals surface area contributed by atoms with Crippen LogP contribution in [0.15, 0.2) is 10.7 Å². The van der Waals surface area contributed by atoms with Gasteiger partial charge in [0.1, 0.15) is 5.69 Å². The molecule has 0 saturated carbocycles. The minimum absolute atomic E-state index is 0.212. The van der Waals surface area contributed by atoms with Crippen LogP contribution >= 0.6 is 15.9 Å². The Balaban J connectivity index is 2.34. The zero-order valence-electron chi connectivity index (χ0n) is 12.0. The number of carbonyl (C=O) groups is 1. The minimum atomic E-state index is -4.64. The Labute approximate surface area is 132 Å². The van der Waals surface area contributed by atoms with E-state index in [1.807, 2.05) is 6.92 Å². The number of amides is 1. The highest BCUT2D eigenvalue weighted by atomic mass is 79.9. The van der Waals surface area contributed by atoms with Gasteiger partial charge >= 0.3 is 6.18 Å². The summed E-state index contributed by atoms with van der Waals surface area (Å²) in [6.45, 7) is 4.26. The van der Waals surface area contributed by atoms with Crippen LogP contribution in [0.5, 0.6) is 0 Å². The molecule has 120 valence electrons. The van der Waals surface area contributed by atoms with Crippen molar-refractivity contribution in [2.75, 3.05) is 5.32 Å². The molecule has 22 heavy (non-hydrogen) atoms. The lowest BCUT2D eigenvalue weighted by atomic mass is 10.3. The summed E-state index contributed by atoms with van der Waals surface area (Å²) < 4.78 is 40.5. The molecule has 0 unspecified atom stereocenters. The molecule has 2 heterocycles. The minimum Gasteiger partial charge on any atom is -0.318 e. The van der Waals surface area contributed by atoms with E-state index in [0.717, 1.165) is 4.68 Å². The molecule has 0 spiro atoms. The van der Waals surface area contributed by atoms with Gasteiger partial charge in [-0.15, -0.1) is 0 Å². The molecule has 0 aromatic carbocycles. The lowest BCUT2D eigenvalue weighted by molar-refractivity contribution is -0.142. The molecule has 0 atom stereocenters. The summed E-state index contributed by atoms with van der Waals surface area (Å²) in [7, 11) is 1.28. The summed E-state index contributed by atoms with van der Waals surface area (Å²) in [5.74, 6) is -0.698. The van der Waals surface area contributed by atoms with Crippen molar-refractivity contribution in [3.8, 4) is 0 Å². The Morgan fingerprint density at radius 3 is 2.55 bits per heavy atom. The van der Waals surface area contributed by atoms with E-state index in [9.17, 15) is 18.0 Å². The van der Waals surface area contributed by atoms with Crippen LogP contribution in [0.1, 0.15) is 28.8 Å². The first-order chi connectivity index (χ1) is 10.2. The number of hydrogen-bond donors (Lipinski definition) is 1. The Bertz CT molecular complexity index is 719. The van der Waals surface area contributed by atoms with E-state index in [1.165, 1.54) is 13.2 Å². The first-order valence-corrected chi connectivity index (χ1v) is 7.09. The number of nitrogens with one attached hydrogen (secondary N) is 1. The van der Waals surface area contributed by atoms with Crippen molar-refractivity contribution in [2.45, 2.75) is 26.6 Å². The van der Waals surface area contributed by atoms with Gasteiger partial charge < -0.3 is 5.32 Å². The summed E-state index contributed by atoms with van der Waals surface area (Å²) in [5, 5.41) is 9.96. The predicted molar refractivity (Wildman–Crippen MR) is 76.5 cm³/mol. The van der Waals surface area contributed by atoms with Crippen LogP contribution in [0.25, 0.3) is 0 Å². The van der Waals surface area contributed by atoms with Gasteiger partial charge in [0.15, 0.2) is 5.69 Å². The van der Waals surface area contributed by atoms with Crippen LogP contribution in [-0.2, 0) is 19.8 Å². The number of anilines is 1. The van der Waals surface area contributed by atoms with Crippen LogP contribution in [-0.4, -0.2) is 25.5 Å². The first-order valence-electron chi connectivity index (χ1n) is 6.30. The fourth-order valence-corrected chi connectivity index (χ4v) is 2.74. The molecule has 2 aromatic heterocycles.